The molecule has 150 valence electrons. The van der Waals surface area contributed by atoms with Crippen LogP contribution in [0.4, 0.5) is 0 Å². The van der Waals surface area contributed by atoms with Crippen molar-refractivity contribution in [3.63, 3.8) is 0 Å². The molecule has 1 amide bonds. The third kappa shape index (κ3) is 3.39. The van der Waals surface area contributed by atoms with E-state index in [-0.39, 0.29) is 17.1 Å². The molecule has 0 fully saturated rings. The van der Waals surface area contributed by atoms with Gasteiger partial charge in [-0.3, -0.25) is 9.59 Å². The van der Waals surface area contributed by atoms with E-state index >= 15 is 0 Å². The highest BCUT2D eigenvalue weighted by Gasteiger charge is 2.42. The van der Waals surface area contributed by atoms with E-state index in [1.807, 2.05) is 43.3 Å². The fourth-order valence-electron chi connectivity index (χ4n) is 3.66. The smallest absolute Gasteiger partial charge is 0.290 e. The predicted molar refractivity (Wildman–Crippen MR) is 112 cm³/mol. The van der Waals surface area contributed by atoms with Gasteiger partial charge in [-0.05, 0) is 50.0 Å². The monoisotopic (exact) mass is 412 g/mol. The zero-order valence-corrected chi connectivity index (χ0v) is 17.2. The number of rotatable bonds is 5. The molecule has 7 heteroatoms. The van der Waals surface area contributed by atoms with Crippen LogP contribution in [0.15, 0.2) is 51.7 Å². The van der Waals surface area contributed by atoms with Crippen molar-refractivity contribution in [2.45, 2.75) is 6.04 Å². The Morgan fingerprint density at radius 3 is 2.52 bits per heavy atom. The summed E-state index contributed by atoms with van der Waals surface area (Å²) in [5, 5.41) is 0.816. The van der Waals surface area contributed by atoms with Crippen LogP contribution in [-0.2, 0) is 0 Å². The summed E-state index contributed by atoms with van der Waals surface area (Å²) in [6.07, 6.45) is 0. The average Bonchev–Trinajstić information content (AvgIpc) is 2.99. The first-order valence-electron chi connectivity index (χ1n) is 9.26. The second kappa shape index (κ2) is 7.54. The SMILES string of the molecule is COc1ccc([C@H]2c3c(oc4ccc(Cl)cc4c3=O)C(=O)N2CCN(C)C)cc1. The fraction of sp³-hybridized carbons (Fsp3) is 0.273. The number of carbonyl (C=O) groups excluding carboxylic acids is 1. The zero-order valence-electron chi connectivity index (χ0n) is 16.4. The van der Waals surface area contributed by atoms with Gasteiger partial charge in [0.15, 0.2) is 5.43 Å². The van der Waals surface area contributed by atoms with Crippen LogP contribution in [-0.4, -0.2) is 50.0 Å². The number of hydrogen-bond acceptors (Lipinski definition) is 5. The van der Waals surface area contributed by atoms with Crippen molar-refractivity contribution in [3.05, 3.63) is 74.6 Å². The van der Waals surface area contributed by atoms with Gasteiger partial charge in [-0.15, -0.1) is 0 Å². The Morgan fingerprint density at radius 1 is 1.14 bits per heavy atom. The molecule has 1 atom stereocenters. The molecule has 0 spiro atoms. The van der Waals surface area contributed by atoms with Gasteiger partial charge in [0.05, 0.1) is 24.1 Å². The summed E-state index contributed by atoms with van der Waals surface area (Å²) >= 11 is 6.09. The summed E-state index contributed by atoms with van der Waals surface area (Å²) in [5.41, 5.74) is 1.30. The molecule has 2 heterocycles. The van der Waals surface area contributed by atoms with Crippen LogP contribution in [0.3, 0.4) is 0 Å². The van der Waals surface area contributed by atoms with E-state index in [0.717, 1.165) is 5.56 Å². The summed E-state index contributed by atoms with van der Waals surface area (Å²) in [6.45, 7) is 1.12. The first kappa shape index (κ1) is 19.5. The Bertz CT molecular complexity index is 1140. The van der Waals surface area contributed by atoms with Crippen molar-refractivity contribution in [1.82, 2.24) is 9.80 Å². The maximum atomic E-state index is 13.4. The molecule has 1 aliphatic rings. The van der Waals surface area contributed by atoms with Gasteiger partial charge in [0.1, 0.15) is 11.3 Å². The number of methoxy groups -OCH3 is 1. The van der Waals surface area contributed by atoms with Gasteiger partial charge in [-0.1, -0.05) is 23.7 Å². The maximum absolute atomic E-state index is 13.4. The predicted octanol–water partition coefficient (Wildman–Crippen LogP) is 3.56. The Balaban J connectivity index is 1.92. The summed E-state index contributed by atoms with van der Waals surface area (Å²) in [5.74, 6) is 0.525. The molecular formula is C22H21ClN2O4. The molecule has 0 unspecified atom stereocenters. The van der Waals surface area contributed by atoms with Crippen molar-refractivity contribution in [1.29, 1.82) is 0 Å². The van der Waals surface area contributed by atoms with Crippen LogP contribution < -0.4 is 10.2 Å². The summed E-state index contributed by atoms with van der Waals surface area (Å²) < 4.78 is 11.1. The van der Waals surface area contributed by atoms with E-state index < -0.39 is 6.04 Å². The number of hydrogen-bond donors (Lipinski definition) is 0. The molecule has 29 heavy (non-hydrogen) atoms. The highest BCUT2D eigenvalue weighted by molar-refractivity contribution is 6.31. The van der Waals surface area contributed by atoms with Crippen molar-refractivity contribution in [2.75, 3.05) is 34.3 Å². The minimum Gasteiger partial charge on any atom is -0.497 e. The zero-order chi connectivity index (χ0) is 20.7. The lowest BCUT2D eigenvalue weighted by Gasteiger charge is -2.26. The largest absolute Gasteiger partial charge is 0.497 e. The molecule has 4 rings (SSSR count). The van der Waals surface area contributed by atoms with Crippen molar-refractivity contribution < 1.29 is 13.9 Å². The molecule has 1 aliphatic heterocycles. The van der Waals surface area contributed by atoms with Gasteiger partial charge >= 0.3 is 0 Å². The molecule has 0 aliphatic carbocycles. The summed E-state index contributed by atoms with van der Waals surface area (Å²) in [4.78, 5) is 30.3. The van der Waals surface area contributed by atoms with E-state index in [4.69, 9.17) is 20.8 Å². The van der Waals surface area contributed by atoms with Crippen molar-refractivity contribution >= 4 is 28.5 Å². The number of halogens is 1. The molecule has 3 aromatic rings. The topological polar surface area (TPSA) is 63.0 Å². The Hall–Kier alpha value is -2.83. The molecule has 0 N–H and O–H groups in total. The number of carbonyl (C=O) groups is 1. The van der Waals surface area contributed by atoms with Gasteiger partial charge < -0.3 is 19.0 Å². The lowest BCUT2D eigenvalue weighted by molar-refractivity contribution is 0.0716. The van der Waals surface area contributed by atoms with Crippen molar-refractivity contribution in [2.24, 2.45) is 0 Å². The molecule has 1 aromatic heterocycles. The molecule has 0 saturated heterocycles. The minimum atomic E-state index is -0.525. The van der Waals surface area contributed by atoms with Crippen LogP contribution in [0, 0.1) is 0 Å². The number of ether oxygens (including phenoxy) is 1. The fourth-order valence-corrected chi connectivity index (χ4v) is 3.84. The second-order valence-corrected chi connectivity index (χ2v) is 7.73. The van der Waals surface area contributed by atoms with Crippen LogP contribution in [0.25, 0.3) is 11.0 Å². The quantitative estimate of drug-likeness (QED) is 0.641. The average molecular weight is 413 g/mol. The van der Waals surface area contributed by atoms with Gasteiger partial charge in [0.2, 0.25) is 5.76 Å². The highest BCUT2D eigenvalue weighted by Crippen LogP contribution is 2.38. The molecule has 2 aromatic carbocycles. The van der Waals surface area contributed by atoms with Crippen LogP contribution >= 0.6 is 11.6 Å². The molecule has 6 nitrogen and oxygen atoms in total. The lowest BCUT2D eigenvalue weighted by atomic mass is 9.98. The summed E-state index contributed by atoms with van der Waals surface area (Å²) in [6, 6.07) is 11.7. The van der Waals surface area contributed by atoms with Crippen LogP contribution in [0.5, 0.6) is 5.75 Å². The van der Waals surface area contributed by atoms with Gasteiger partial charge in [0.25, 0.3) is 5.91 Å². The standard InChI is InChI=1S/C22H21ClN2O4/c1-24(2)10-11-25-19(13-4-7-15(28-3)8-5-13)18-20(26)16-12-14(23)6-9-17(16)29-21(18)22(25)27/h4-9,12,19H,10-11H2,1-3H3/t19-/m0/s1. The minimum absolute atomic E-state index is 0.101. The van der Waals surface area contributed by atoms with Crippen LogP contribution in [0.1, 0.15) is 27.7 Å². The molecular weight excluding hydrogens is 392 g/mol. The second-order valence-electron chi connectivity index (χ2n) is 7.29. The highest BCUT2D eigenvalue weighted by atomic mass is 35.5. The number of amides is 1. The first-order chi connectivity index (χ1) is 13.9. The Kier molecular flexibility index (Phi) is 5.06. The van der Waals surface area contributed by atoms with E-state index in [2.05, 4.69) is 0 Å². The number of benzene rings is 2. The van der Waals surface area contributed by atoms with Gasteiger partial charge in [0, 0.05) is 18.1 Å². The third-order valence-corrected chi connectivity index (χ3v) is 5.38. The number of nitrogens with zero attached hydrogens (tertiary/aromatic N) is 2. The Morgan fingerprint density at radius 2 is 1.86 bits per heavy atom. The lowest BCUT2D eigenvalue weighted by Crippen LogP contribution is -2.35. The van der Waals surface area contributed by atoms with Gasteiger partial charge in [-0.2, -0.15) is 0 Å². The van der Waals surface area contributed by atoms with Crippen LogP contribution in [0.2, 0.25) is 5.02 Å². The van der Waals surface area contributed by atoms with E-state index in [1.165, 1.54) is 0 Å². The number of likely N-dealkylation sites (N-methyl/N-ethyl adjacent to an activating group) is 1. The van der Waals surface area contributed by atoms with E-state index in [1.54, 1.807) is 30.2 Å². The van der Waals surface area contributed by atoms with Crippen molar-refractivity contribution in [3.8, 4) is 5.75 Å². The molecule has 0 saturated carbocycles. The maximum Gasteiger partial charge on any atom is 0.290 e. The first-order valence-corrected chi connectivity index (χ1v) is 9.64. The third-order valence-electron chi connectivity index (χ3n) is 5.15. The molecule has 0 radical (unpaired) electrons. The Labute approximate surface area is 173 Å². The summed E-state index contributed by atoms with van der Waals surface area (Å²) in [7, 11) is 5.48. The number of fused-ring (bicyclic) bond motifs is 2. The van der Waals surface area contributed by atoms with E-state index in [0.29, 0.717) is 40.4 Å². The van der Waals surface area contributed by atoms with E-state index in [9.17, 15) is 9.59 Å². The normalized spacial score (nSPS) is 16.0. The van der Waals surface area contributed by atoms with Gasteiger partial charge in [-0.25, -0.2) is 0 Å². The molecule has 0 bridgehead atoms.